The molecule has 0 unspecified atom stereocenters. The highest BCUT2D eigenvalue weighted by atomic mass is 16.1. The average molecular weight is 178 g/mol. The Kier molecular flexibility index (Phi) is 2.19. The van der Waals surface area contributed by atoms with Gasteiger partial charge in [-0.2, -0.15) is 0 Å². The van der Waals surface area contributed by atoms with E-state index in [1.807, 2.05) is 6.92 Å². The molecule has 2 rings (SSSR count). The van der Waals surface area contributed by atoms with E-state index in [0.717, 1.165) is 11.3 Å². The highest BCUT2D eigenvalue weighted by Crippen LogP contribution is 2.18. The Balaban J connectivity index is 2.06. The van der Waals surface area contributed by atoms with Gasteiger partial charge in [0, 0.05) is 36.1 Å². The zero-order chi connectivity index (χ0) is 9.26. The van der Waals surface area contributed by atoms with Crippen LogP contribution < -0.4 is 10.7 Å². The third kappa shape index (κ3) is 2.18. The molecule has 1 saturated carbocycles. The summed E-state index contributed by atoms with van der Waals surface area (Å²) >= 11 is 0. The summed E-state index contributed by atoms with van der Waals surface area (Å²) in [5, 5.41) is 3.31. The fourth-order valence-corrected chi connectivity index (χ4v) is 1.28. The molecule has 1 aliphatic carbocycles. The zero-order valence-corrected chi connectivity index (χ0v) is 7.76. The Labute approximate surface area is 77.2 Å². The molecule has 0 radical (unpaired) electrons. The number of hydrogen-bond acceptors (Lipinski definition) is 2. The van der Waals surface area contributed by atoms with Crippen molar-refractivity contribution in [3.8, 4) is 0 Å². The van der Waals surface area contributed by atoms with Crippen LogP contribution in [0.25, 0.3) is 0 Å². The highest BCUT2D eigenvalue weighted by molar-refractivity contribution is 5.13. The van der Waals surface area contributed by atoms with E-state index < -0.39 is 0 Å². The SMILES string of the molecule is Cc1cc(=O)c(CNC2CC2)c[nH]1. The maximum absolute atomic E-state index is 11.4. The number of aryl methyl sites for hydroxylation is 1. The van der Waals surface area contributed by atoms with Crippen molar-refractivity contribution < 1.29 is 0 Å². The van der Waals surface area contributed by atoms with Gasteiger partial charge < -0.3 is 10.3 Å². The molecule has 0 amide bonds. The standard InChI is InChI=1S/C10H14N2O/c1-7-4-10(13)8(5-11-7)6-12-9-2-3-9/h4-5,9,12H,2-3,6H2,1H3,(H,11,13). The summed E-state index contributed by atoms with van der Waals surface area (Å²) in [6, 6.07) is 2.30. The van der Waals surface area contributed by atoms with Crippen LogP contribution in [-0.4, -0.2) is 11.0 Å². The average Bonchev–Trinajstić information content (AvgIpc) is 2.86. The number of nitrogens with one attached hydrogen (secondary N) is 2. The molecule has 0 aliphatic heterocycles. The summed E-state index contributed by atoms with van der Waals surface area (Å²) in [7, 11) is 0. The van der Waals surface area contributed by atoms with E-state index in [4.69, 9.17) is 0 Å². The lowest BCUT2D eigenvalue weighted by Crippen LogP contribution is -2.21. The first-order valence-electron chi connectivity index (χ1n) is 4.67. The van der Waals surface area contributed by atoms with Crippen molar-refractivity contribution in [1.82, 2.24) is 10.3 Å². The quantitative estimate of drug-likeness (QED) is 0.723. The van der Waals surface area contributed by atoms with Crippen molar-refractivity contribution in [2.75, 3.05) is 0 Å². The minimum atomic E-state index is 0.129. The Morgan fingerprint density at radius 3 is 3.00 bits per heavy atom. The van der Waals surface area contributed by atoms with Crippen molar-refractivity contribution in [2.45, 2.75) is 32.4 Å². The molecule has 0 bridgehead atoms. The Hall–Kier alpha value is -1.09. The first kappa shape index (κ1) is 8.51. The number of H-pyrrole nitrogens is 1. The van der Waals surface area contributed by atoms with Gasteiger partial charge in [0.2, 0.25) is 0 Å². The summed E-state index contributed by atoms with van der Waals surface area (Å²) in [6.45, 7) is 2.58. The summed E-state index contributed by atoms with van der Waals surface area (Å²) in [5.74, 6) is 0. The number of aromatic amines is 1. The van der Waals surface area contributed by atoms with Crippen LogP contribution in [0.15, 0.2) is 17.1 Å². The van der Waals surface area contributed by atoms with Crippen LogP contribution in [-0.2, 0) is 6.54 Å². The van der Waals surface area contributed by atoms with Gasteiger partial charge in [-0.3, -0.25) is 4.79 Å². The van der Waals surface area contributed by atoms with Crippen LogP contribution >= 0.6 is 0 Å². The van der Waals surface area contributed by atoms with Gasteiger partial charge in [-0.15, -0.1) is 0 Å². The van der Waals surface area contributed by atoms with E-state index in [1.165, 1.54) is 12.8 Å². The second-order valence-corrected chi connectivity index (χ2v) is 3.66. The molecule has 1 fully saturated rings. The first-order chi connectivity index (χ1) is 6.25. The maximum atomic E-state index is 11.4. The molecule has 1 aromatic heterocycles. The fourth-order valence-electron chi connectivity index (χ4n) is 1.28. The van der Waals surface area contributed by atoms with Gasteiger partial charge in [-0.1, -0.05) is 0 Å². The van der Waals surface area contributed by atoms with Gasteiger partial charge in [-0.05, 0) is 19.8 Å². The first-order valence-corrected chi connectivity index (χ1v) is 4.67. The molecule has 0 spiro atoms. The molecule has 3 nitrogen and oxygen atoms in total. The molecule has 1 heterocycles. The van der Waals surface area contributed by atoms with Gasteiger partial charge >= 0.3 is 0 Å². The summed E-state index contributed by atoms with van der Waals surface area (Å²) < 4.78 is 0. The Morgan fingerprint density at radius 2 is 2.38 bits per heavy atom. The molecule has 2 N–H and O–H groups in total. The van der Waals surface area contributed by atoms with Crippen molar-refractivity contribution >= 4 is 0 Å². The Morgan fingerprint density at radius 1 is 1.62 bits per heavy atom. The third-order valence-corrected chi connectivity index (χ3v) is 2.30. The van der Waals surface area contributed by atoms with Crippen molar-refractivity contribution in [3.63, 3.8) is 0 Å². The number of pyridine rings is 1. The number of hydrogen-bond donors (Lipinski definition) is 2. The topological polar surface area (TPSA) is 44.9 Å². The van der Waals surface area contributed by atoms with E-state index in [0.29, 0.717) is 12.6 Å². The molecule has 1 aromatic rings. The summed E-state index contributed by atoms with van der Waals surface area (Å²) in [4.78, 5) is 14.5. The highest BCUT2D eigenvalue weighted by Gasteiger charge is 2.20. The van der Waals surface area contributed by atoms with Gasteiger partial charge in [0.15, 0.2) is 5.43 Å². The molecular weight excluding hydrogens is 164 g/mol. The predicted molar refractivity (Wildman–Crippen MR) is 51.7 cm³/mol. The number of aromatic nitrogens is 1. The van der Waals surface area contributed by atoms with Crippen LogP contribution in [0, 0.1) is 6.92 Å². The minimum absolute atomic E-state index is 0.129. The van der Waals surface area contributed by atoms with E-state index in [-0.39, 0.29) is 5.43 Å². The third-order valence-electron chi connectivity index (χ3n) is 2.30. The molecule has 0 saturated heterocycles. The maximum Gasteiger partial charge on any atom is 0.186 e. The zero-order valence-electron chi connectivity index (χ0n) is 7.76. The molecule has 1 aliphatic rings. The predicted octanol–water partition coefficient (Wildman–Crippen LogP) is 0.935. The van der Waals surface area contributed by atoms with Crippen molar-refractivity contribution in [2.24, 2.45) is 0 Å². The lowest BCUT2D eigenvalue weighted by molar-refractivity contribution is 0.682. The normalized spacial score (nSPS) is 16.1. The Bertz CT molecular complexity index is 352. The van der Waals surface area contributed by atoms with Gasteiger partial charge in [-0.25, -0.2) is 0 Å². The second kappa shape index (κ2) is 3.34. The van der Waals surface area contributed by atoms with E-state index >= 15 is 0 Å². The number of rotatable bonds is 3. The molecule has 70 valence electrons. The molecular formula is C10H14N2O. The lowest BCUT2D eigenvalue weighted by atomic mass is 10.2. The molecule has 0 atom stereocenters. The van der Waals surface area contributed by atoms with Crippen molar-refractivity contribution in [3.05, 3.63) is 33.7 Å². The van der Waals surface area contributed by atoms with Crippen molar-refractivity contribution in [1.29, 1.82) is 0 Å². The van der Waals surface area contributed by atoms with Crippen LogP contribution in [0.5, 0.6) is 0 Å². The van der Waals surface area contributed by atoms with Crippen LogP contribution in [0.2, 0.25) is 0 Å². The lowest BCUT2D eigenvalue weighted by Gasteiger charge is -2.02. The van der Waals surface area contributed by atoms with Crippen LogP contribution in [0.1, 0.15) is 24.1 Å². The minimum Gasteiger partial charge on any atom is -0.365 e. The van der Waals surface area contributed by atoms with Crippen LogP contribution in [0.3, 0.4) is 0 Å². The fraction of sp³-hybridized carbons (Fsp3) is 0.500. The largest absolute Gasteiger partial charge is 0.365 e. The smallest absolute Gasteiger partial charge is 0.186 e. The molecule has 3 heteroatoms. The van der Waals surface area contributed by atoms with Gasteiger partial charge in [0.05, 0.1) is 0 Å². The van der Waals surface area contributed by atoms with E-state index in [2.05, 4.69) is 10.3 Å². The monoisotopic (exact) mass is 178 g/mol. The molecule has 13 heavy (non-hydrogen) atoms. The summed E-state index contributed by atoms with van der Waals surface area (Å²) in [6.07, 6.45) is 4.31. The van der Waals surface area contributed by atoms with Crippen LogP contribution in [0.4, 0.5) is 0 Å². The van der Waals surface area contributed by atoms with E-state index in [1.54, 1.807) is 12.3 Å². The summed E-state index contributed by atoms with van der Waals surface area (Å²) in [5.41, 5.74) is 1.88. The molecule has 0 aromatic carbocycles. The van der Waals surface area contributed by atoms with Gasteiger partial charge in [0.1, 0.15) is 0 Å². The van der Waals surface area contributed by atoms with E-state index in [9.17, 15) is 4.79 Å². The second-order valence-electron chi connectivity index (χ2n) is 3.66. The van der Waals surface area contributed by atoms with Gasteiger partial charge in [0.25, 0.3) is 0 Å².